The molecule has 0 radical (unpaired) electrons. The minimum atomic E-state index is -0.441. The molecule has 17 heavy (non-hydrogen) atoms. The molecule has 0 bridgehead atoms. The van der Waals surface area contributed by atoms with Crippen molar-refractivity contribution in [2.45, 2.75) is 60.7 Å². The van der Waals surface area contributed by atoms with Crippen LogP contribution >= 0.6 is 0 Å². The van der Waals surface area contributed by atoms with Crippen molar-refractivity contribution < 1.29 is 19.1 Å². The Bertz CT molecular complexity index is 276. The molecule has 0 aromatic heterocycles. The minimum absolute atomic E-state index is 0.0856. The fourth-order valence-electron chi connectivity index (χ4n) is 1.65. The van der Waals surface area contributed by atoms with Crippen molar-refractivity contribution in [3.05, 3.63) is 0 Å². The van der Waals surface area contributed by atoms with Crippen molar-refractivity contribution in [3.8, 4) is 0 Å². The second-order valence-corrected chi connectivity index (χ2v) is 5.71. The summed E-state index contributed by atoms with van der Waals surface area (Å²) in [6, 6.07) is 0. The Kier molecular flexibility index (Phi) is 5.66. The summed E-state index contributed by atoms with van der Waals surface area (Å²) in [5, 5.41) is 0. The summed E-state index contributed by atoms with van der Waals surface area (Å²) >= 11 is 0. The van der Waals surface area contributed by atoms with Crippen LogP contribution in [0.3, 0.4) is 0 Å². The lowest BCUT2D eigenvalue weighted by Crippen LogP contribution is -2.46. The van der Waals surface area contributed by atoms with Crippen LogP contribution < -0.4 is 0 Å². The molecular formula is C13H24O4. The first kappa shape index (κ1) is 15.9. The van der Waals surface area contributed by atoms with Crippen molar-refractivity contribution in [2.75, 3.05) is 0 Å². The van der Waals surface area contributed by atoms with Gasteiger partial charge >= 0.3 is 11.9 Å². The number of rotatable bonds is 4. The highest BCUT2D eigenvalue weighted by molar-refractivity contribution is 5.67. The second-order valence-electron chi connectivity index (χ2n) is 5.71. The zero-order chi connectivity index (χ0) is 13.8. The third-order valence-corrected chi connectivity index (χ3v) is 2.40. The molecule has 0 saturated heterocycles. The maximum absolute atomic E-state index is 11.2. The second kappa shape index (κ2) is 6.03. The van der Waals surface area contributed by atoms with Gasteiger partial charge in [0, 0.05) is 19.3 Å². The third kappa shape index (κ3) is 5.71. The van der Waals surface area contributed by atoms with Crippen molar-refractivity contribution in [1.29, 1.82) is 0 Å². The fourth-order valence-corrected chi connectivity index (χ4v) is 1.65. The normalized spacial score (nSPS) is 15.3. The van der Waals surface area contributed by atoms with E-state index >= 15 is 0 Å². The van der Waals surface area contributed by atoms with Crippen LogP contribution in [-0.4, -0.2) is 24.1 Å². The Morgan fingerprint density at radius 3 is 1.59 bits per heavy atom. The fraction of sp³-hybridized carbons (Fsp3) is 0.846. The van der Waals surface area contributed by atoms with E-state index in [1.54, 1.807) is 0 Å². The number of esters is 2. The number of hydrogen-bond acceptors (Lipinski definition) is 4. The highest BCUT2D eigenvalue weighted by Gasteiger charge is 2.38. The highest BCUT2D eigenvalue weighted by Crippen LogP contribution is 2.30. The molecule has 0 aromatic carbocycles. The van der Waals surface area contributed by atoms with Gasteiger partial charge < -0.3 is 9.47 Å². The summed E-state index contributed by atoms with van der Waals surface area (Å²) in [6.07, 6.45) is -0.861. The Balaban J connectivity index is 5.07. The van der Waals surface area contributed by atoms with Gasteiger partial charge in [0.1, 0.15) is 12.2 Å². The summed E-state index contributed by atoms with van der Waals surface area (Å²) < 4.78 is 10.6. The van der Waals surface area contributed by atoms with E-state index in [4.69, 9.17) is 9.47 Å². The number of ether oxygens (including phenoxy) is 2. The topological polar surface area (TPSA) is 52.6 Å². The molecule has 0 aliphatic carbocycles. The maximum atomic E-state index is 11.2. The number of carbonyl (C=O) groups is 2. The molecule has 0 fully saturated rings. The van der Waals surface area contributed by atoms with Gasteiger partial charge in [-0.05, 0) is 5.92 Å². The van der Waals surface area contributed by atoms with Crippen LogP contribution in [0.15, 0.2) is 0 Å². The van der Waals surface area contributed by atoms with Gasteiger partial charge in [0.2, 0.25) is 0 Å². The molecule has 0 saturated carbocycles. The summed E-state index contributed by atoms with van der Waals surface area (Å²) in [4.78, 5) is 22.3. The monoisotopic (exact) mass is 244 g/mol. The molecule has 0 spiro atoms. The number of hydrogen-bond donors (Lipinski definition) is 0. The first-order valence-corrected chi connectivity index (χ1v) is 5.90. The average Bonchev–Trinajstić information content (AvgIpc) is 2.07. The predicted octanol–water partition coefficient (Wildman–Crippen LogP) is 2.55. The summed E-state index contributed by atoms with van der Waals surface area (Å²) in [5.41, 5.74) is -0.282. The maximum Gasteiger partial charge on any atom is 0.303 e. The van der Waals surface area contributed by atoms with E-state index < -0.39 is 12.2 Å². The summed E-state index contributed by atoms with van der Waals surface area (Å²) in [6.45, 7) is 12.5. The molecule has 0 rings (SSSR count). The van der Waals surface area contributed by atoms with E-state index in [1.165, 1.54) is 13.8 Å². The van der Waals surface area contributed by atoms with Gasteiger partial charge in [0.05, 0.1) is 0 Å². The van der Waals surface area contributed by atoms with Gasteiger partial charge in [-0.3, -0.25) is 9.59 Å². The Morgan fingerprint density at radius 2 is 1.35 bits per heavy atom. The molecule has 0 amide bonds. The van der Waals surface area contributed by atoms with Gasteiger partial charge in [-0.2, -0.15) is 0 Å². The average molecular weight is 244 g/mol. The smallest absolute Gasteiger partial charge is 0.303 e. The SMILES string of the molecule is CC(=O)OC(C(C)C)C(OC(C)=O)C(C)(C)C. The van der Waals surface area contributed by atoms with E-state index in [0.717, 1.165) is 0 Å². The van der Waals surface area contributed by atoms with Crippen LogP contribution in [0, 0.1) is 11.3 Å². The molecule has 0 aliphatic heterocycles. The molecule has 0 aromatic rings. The van der Waals surface area contributed by atoms with E-state index in [9.17, 15) is 9.59 Å². The third-order valence-electron chi connectivity index (χ3n) is 2.40. The van der Waals surface area contributed by atoms with Gasteiger partial charge in [0.15, 0.2) is 0 Å². The molecule has 0 aliphatic rings. The Hall–Kier alpha value is -1.06. The minimum Gasteiger partial charge on any atom is -0.458 e. The van der Waals surface area contributed by atoms with Gasteiger partial charge in [-0.1, -0.05) is 34.6 Å². The molecule has 0 heterocycles. The molecule has 4 heteroatoms. The van der Waals surface area contributed by atoms with E-state index in [0.29, 0.717) is 0 Å². The summed E-state index contributed by atoms with van der Waals surface area (Å²) in [7, 11) is 0. The zero-order valence-corrected chi connectivity index (χ0v) is 11.9. The van der Waals surface area contributed by atoms with Crippen LogP contribution in [0.1, 0.15) is 48.5 Å². The highest BCUT2D eigenvalue weighted by atomic mass is 16.6. The van der Waals surface area contributed by atoms with Crippen LogP contribution in [-0.2, 0) is 19.1 Å². The van der Waals surface area contributed by atoms with Crippen molar-refractivity contribution >= 4 is 11.9 Å². The first-order valence-electron chi connectivity index (χ1n) is 5.90. The van der Waals surface area contributed by atoms with Crippen molar-refractivity contribution in [3.63, 3.8) is 0 Å². The van der Waals surface area contributed by atoms with E-state index in [1.807, 2.05) is 34.6 Å². The van der Waals surface area contributed by atoms with E-state index in [2.05, 4.69) is 0 Å². The van der Waals surface area contributed by atoms with Crippen LogP contribution in [0.4, 0.5) is 0 Å². The zero-order valence-electron chi connectivity index (χ0n) is 11.9. The van der Waals surface area contributed by atoms with E-state index in [-0.39, 0.29) is 23.3 Å². The lowest BCUT2D eigenvalue weighted by Gasteiger charge is -2.37. The van der Waals surface area contributed by atoms with Gasteiger partial charge in [-0.15, -0.1) is 0 Å². The molecular weight excluding hydrogens is 220 g/mol. The molecule has 2 atom stereocenters. The lowest BCUT2D eigenvalue weighted by atomic mass is 9.82. The van der Waals surface area contributed by atoms with Gasteiger partial charge in [0.25, 0.3) is 0 Å². The van der Waals surface area contributed by atoms with Crippen molar-refractivity contribution in [1.82, 2.24) is 0 Å². The molecule has 2 unspecified atom stereocenters. The molecule has 4 nitrogen and oxygen atoms in total. The number of carbonyl (C=O) groups excluding carboxylic acids is 2. The predicted molar refractivity (Wildman–Crippen MR) is 65.4 cm³/mol. The first-order chi connectivity index (χ1) is 7.55. The lowest BCUT2D eigenvalue weighted by molar-refractivity contribution is -0.179. The molecule has 0 N–H and O–H groups in total. The van der Waals surface area contributed by atoms with Crippen LogP contribution in [0.5, 0.6) is 0 Å². The van der Waals surface area contributed by atoms with Crippen molar-refractivity contribution in [2.24, 2.45) is 11.3 Å². The van der Waals surface area contributed by atoms with Gasteiger partial charge in [-0.25, -0.2) is 0 Å². The van der Waals surface area contributed by atoms with Crippen LogP contribution in [0.25, 0.3) is 0 Å². The quantitative estimate of drug-likeness (QED) is 0.713. The van der Waals surface area contributed by atoms with Crippen LogP contribution in [0.2, 0.25) is 0 Å². The molecule has 100 valence electrons. The Morgan fingerprint density at radius 1 is 0.941 bits per heavy atom. The largest absolute Gasteiger partial charge is 0.458 e. The Labute approximate surface area is 104 Å². The standard InChI is InChI=1S/C13H24O4/c1-8(2)11(16-9(3)14)12(13(5,6)7)17-10(4)15/h8,11-12H,1-7H3. The summed E-state index contributed by atoms with van der Waals surface area (Å²) in [5.74, 6) is -0.629.